The van der Waals surface area contributed by atoms with Gasteiger partial charge < -0.3 is 30.2 Å². The Morgan fingerprint density at radius 3 is 2.06 bits per heavy atom. The van der Waals surface area contributed by atoms with Gasteiger partial charge in [0.1, 0.15) is 24.9 Å². The van der Waals surface area contributed by atoms with E-state index in [0.717, 1.165) is 0 Å². The molecule has 0 amide bonds. The Morgan fingerprint density at radius 2 is 1.71 bits per heavy atom. The van der Waals surface area contributed by atoms with Gasteiger partial charge in [-0.2, -0.15) is 0 Å². The summed E-state index contributed by atoms with van der Waals surface area (Å²) >= 11 is 0. The molecule has 17 heavy (non-hydrogen) atoms. The van der Waals surface area contributed by atoms with Crippen LogP contribution in [0, 0.1) is 0 Å². The molecule has 3 atom stereocenters. The molecule has 0 saturated carbocycles. The van der Waals surface area contributed by atoms with E-state index in [4.69, 9.17) is 30.2 Å². The van der Waals surface area contributed by atoms with E-state index in [1.807, 2.05) is 0 Å². The summed E-state index contributed by atoms with van der Waals surface area (Å²) in [6.45, 7) is -2.01. The Bertz CT molecular complexity index is 279. The maximum atomic E-state index is 11.0. The van der Waals surface area contributed by atoms with Gasteiger partial charge in [-0.3, -0.25) is 9.32 Å². The van der Waals surface area contributed by atoms with Crippen molar-refractivity contribution in [1.29, 1.82) is 0 Å². The fraction of sp³-hybridized carbons (Fsp3) is 0.833. The average molecular weight is 284 g/mol. The average Bonchev–Trinajstić information content (AvgIpc) is 2.21. The predicted molar refractivity (Wildman–Crippen MR) is 55.3 cm³/mol. The van der Waals surface area contributed by atoms with Crippen molar-refractivity contribution in [2.45, 2.75) is 18.3 Å². The number of hydrogen-bond acceptors (Lipinski definition) is 7. The summed E-state index contributed by atoms with van der Waals surface area (Å²) in [7, 11) is -4.85. The Hall–Kier alpha value is 0.620. The van der Waals surface area contributed by atoms with Crippen LogP contribution in [0.15, 0.2) is 0 Å². The number of phosphoric ester groups is 1. The van der Waals surface area contributed by atoms with Gasteiger partial charge in [0, 0.05) is 0 Å². The minimum atomic E-state index is -4.85. The first-order valence-corrected chi connectivity index (χ1v) is 5.60. The van der Waals surface area contributed by atoms with Crippen LogP contribution in [0.25, 0.3) is 0 Å². The molecular weight excluding hydrogens is 270 g/mol. The number of aliphatic hydroxyl groups is 4. The molecule has 0 saturated heterocycles. The van der Waals surface area contributed by atoms with Gasteiger partial charge in [0.2, 0.25) is 0 Å². The maximum absolute atomic E-state index is 11.0. The SMILES string of the molecule is O=C(COP(=O)(O)O)[C@H](O)[C@@H](O)[C@H](O)CO.[NaH]. The summed E-state index contributed by atoms with van der Waals surface area (Å²) in [6.07, 6.45) is -5.81. The third kappa shape index (κ3) is 8.36. The van der Waals surface area contributed by atoms with E-state index in [9.17, 15) is 9.36 Å². The number of rotatable bonds is 7. The standard InChI is InChI=1S/C6H13O9P.Na.H/c7-1-3(8)5(10)6(11)4(9)2-15-16(12,13)14;;/h3,5-8,10-11H,1-2H2,(H2,12,13,14);;/t3-,5+,6+;;/m1../s1. The number of ketones is 1. The van der Waals surface area contributed by atoms with Gasteiger partial charge in [-0.1, -0.05) is 0 Å². The summed E-state index contributed by atoms with van der Waals surface area (Å²) < 4.78 is 14.0. The first kappa shape index (κ1) is 19.9. The van der Waals surface area contributed by atoms with Gasteiger partial charge in [-0.25, -0.2) is 4.57 Å². The third-order valence-corrected chi connectivity index (χ3v) is 2.08. The van der Waals surface area contributed by atoms with Crippen LogP contribution in [-0.4, -0.2) is 97.1 Å². The van der Waals surface area contributed by atoms with Crippen molar-refractivity contribution in [1.82, 2.24) is 0 Å². The molecule has 0 rings (SSSR count). The van der Waals surface area contributed by atoms with Crippen LogP contribution in [0.1, 0.15) is 0 Å². The molecule has 0 fully saturated rings. The van der Waals surface area contributed by atoms with Gasteiger partial charge in [0.25, 0.3) is 0 Å². The Kier molecular flexibility index (Phi) is 10.2. The summed E-state index contributed by atoms with van der Waals surface area (Å²) in [5.74, 6) is -1.23. The number of aliphatic hydroxyl groups excluding tert-OH is 4. The zero-order chi connectivity index (χ0) is 12.9. The van der Waals surface area contributed by atoms with Crippen LogP contribution in [0.2, 0.25) is 0 Å². The molecule has 0 aliphatic carbocycles. The van der Waals surface area contributed by atoms with Crippen molar-refractivity contribution >= 4 is 43.2 Å². The second-order valence-electron chi connectivity index (χ2n) is 2.92. The van der Waals surface area contributed by atoms with E-state index >= 15 is 0 Å². The molecule has 0 aromatic heterocycles. The first-order valence-electron chi connectivity index (χ1n) is 4.07. The van der Waals surface area contributed by atoms with Gasteiger partial charge in [-0.15, -0.1) is 0 Å². The second-order valence-corrected chi connectivity index (χ2v) is 4.16. The number of Topliss-reactive ketones (excluding diaryl/α,β-unsaturated/α-hetero) is 1. The summed E-state index contributed by atoms with van der Waals surface area (Å²) in [6, 6.07) is 0. The summed E-state index contributed by atoms with van der Waals surface area (Å²) in [5, 5.41) is 35.4. The first-order chi connectivity index (χ1) is 7.19. The number of carbonyl (C=O) groups excluding carboxylic acids is 1. The Labute approximate surface area is 119 Å². The van der Waals surface area contributed by atoms with Gasteiger partial charge in [0.15, 0.2) is 5.78 Å². The third-order valence-electron chi connectivity index (χ3n) is 1.61. The summed E-state index contributed by atoms with van der Waals surface area (Å²) in [5.41, 5.74) is 0. The molecule has 0 bridgehead atoms. The molecule has 0 spiro atoms. The van der Waals surface area contributed by atoms with Crippen molar-refractivity contribution in [3.63, 3.8) is 0 Å². The Balaban J connectivity index is 0. The van der Waals surface area contributed by atoms with E-state index in [0.29, 0.717) is 0 Å². The van der Waals surface area contributed by atoms with Crippen molar-refractivity contribution in [3.8, 4) is 0 Å². The molecule has 6 N–H and O–H groups in total. The fourth-order valence-electron chi connectivity index (χ4n) is 0.742. The fourth-order valence-corrected chi connectivity index (χ4v) is 1.04. The zero-order valence-corrected chi connectivity index (χ0v) is 8.90. The molecule has 0 radical (unpaired) electrons. The van der Waals surface area contributed by atoms with E-state index < -0.39 is 45.1 Å². The molecule has 0 unspecified atom stereocenters. The monoisotopic (exact) mass is 284 g/mol. The molecule has 0 aromatic rings. The van der Waals surface area contributed by atoms with Gasteiger partial charge in [-0.05, 0) is 0 Å². The van der Waals surface area contributed by atoms with Crippen LogP contribution in [0.4, 0.5) is 0 Å². The Morgan fingerprint density at radius 1 is 1.24 bits per heavy atom. The van der Waals surface area contributed by atoms with E-state index in [2.05, 4.69) is 4.52 Å². The van der Waals surface area contributed by atoms with Crippen LogP contribution in [-0.2, 0) is 13.9 Å². The van der Waals surface area contributed by atoms with E-state index in [1.165, 1.54) is 0 Å². The number of hydrogen-bond donors (Lipinski definition) is 6. The number of phosphoric acid groups is 1. The summed E-state index contributed by atoms with van der Waals surface area (Å²) in [4.78, 5) is 27.5. The van der Waals surface area contributed by atoms with Crippen LogP contribution >= 0.6 is 7.82 Å². The van der Waals surface area contributed by atoms with Crippen molar-refractivity contribution in [2.24, 2.45) is 0 Å². The molecule has 0 aromatic carbocycles. The molecule has 0 aliphatic heterocycles. The second kappa shape index (κ2) is 8.68. The van der Waals surface area contributed by atoms with Crippen LogP contribution in [0.5, 0.6) is 0 Å². The van der Waals surface area contributed by atoms with Crippen molar-refractivity contribution in [2.75, 3.05) is 13.2 Å². The molecule has 0 aliphatic rings. The topological polar surface area (TPSA) is 165 Å². The van der Waals surface area contributed by atoms with Gasteiger partial charge in [0.05, 0.1) is 6.61 Å². The van der Waals surface area contributed by atoms with E-state index in [-0.39, 0.29) is 29.6 Å². The minimum absolute atomic E-state index is 0. The quantitative estimate of drug-likeness (QED) is 0.202. The van der Waals surface area contributed by atoms with E-state index in [1.54, 1.807) is 0 Å². The predicted octanol–water partition coefficient (Wildman–Crippen LogP) is -3.91. The normalized spacial score (nSPS) is 16.8. The zero-order valence-electron chi connectivity index (χ0n) is 8.00. The molecule has 0 heterocycles. The van der Waals surface area contributed by atoms with Crippen molar-refractivity contribution < 1.29 is 44.1 Å². The molecule has 11 heteroatoms. The van der Waals surface area contributed by atoms with Crippen molar-refractivity contribution in [3.05, 3.63) is 0 Å². The molecular formula is C6H14NaO9P. The molecule has 9 nitrogen and oxygen atoms in total. The van der Waals surface area contributed by atoms with Crippen LogP contribution in [0.3, 0.4) is 0 Å². The van der Waals surface area contributed by atoms with Crippen LogP contribution < -0.4 is 0 Å². The number of carbonyl (C=O) groups is 1. The molecule has 98 valence electrons. The van der Waals surface area contributed by atoms with Gasteiger partial charge >= 0.3 is 37.4 Å².